The van der Waals surface area contributed by atoms with Crippen molar-refractivity contribution in [3.05, 3.63) is 51.8 Å². The van der Waals surface area contributed by atoms with Gasteiger partial charge in [0.2, 0.25) is 0 Å². The van der Waals surface area contributed by atoms with E-state index in [1.54, 1.807) is 29.8 Å². The van der Waals surface area contributed by atoms with Crippen LogP contribution in [0.25, 0.3) is 10.8 Å². The lowest BCUT2D eigenvalue weighted by atomic mass is 10.1. The Hall–Kier alpha value is -2.74. The minimum Gasteiger partial charge on any atom is -0.369 e. The van der Waals surface area contributed by atoms with Crippen molar-refractivity contribution >= 4 is 38.6 Å². The Morgan fingerprint density at radius 2 is 1.92 bits per heavy atom. The van der Waals surface area contributed by atoms with E-state index in [4.69, 9.17) is 0 Å². The lowest BCUT2D eigenvalue weighted by Crippen LogP contribution is -2.30. The van der Waals surface area contributed by atoms with E-state index in [1.165, 1.54) is 0 Å². The summed E-state index contributed by atoms with van der Waals surface area (Å²) in [5, 5.41) is 15.9. The topological polar surface area (TPSA) is 75.4 Å². The molecular weight excluding hydrogens is 350 g/mol. The van der Waals surface area contributed by atoms with E-state index in [-0.39, 0.29) is 10.6 Å². The fraction of sp³-hybridized carbons (Fsp3) is 0.333. The van der Waals surface area contributed by atoms with E-state index in [0.29, 0.717) is 5.39 Å². The highest BCUT2D eigenvalue weighted by Crippen LogP contribution is 2.33. The molecule has 2 aromatic heterocycles. The Morgan fingerprint density at radius 3 is 2.69 bits per heavy atom. The zero-order valence-electron chi connectivity index (χ0n) is 14.5. The number of nitro benzene ring substituents is 1. The van der Waals surface area contributed by atoms with Crippen LogP contribution in [-0.4, -0.2) is 41.1 Å². The van der Waals surface area contributed by atoms with Crippen LogP contribution >= 0.6 is 11.3 Å². The van der Waals surface area contributed by atoms with Crippen molar-refractivity contribution in [1.82, 2.24) is 9.97 Å². The van der Waals surface area contributed by atoms with Gasteiger partial charge in [0, 0.05) is 61.1 Å². The Bertz CT molecular complexity index is 958. The second-order valence-corrected chi connectivity index (χ2v) is 7.22. The third-order valence-corrected chi connectivity index (χ3v) is 5.70. The van der Waals surface area contributed by atoms with Gasteiger partial charge in [-0.05, 0) is 25.5 Å². The molecule has 0 spiro atoms. The zero-order chi connectivity index (χ0) is 18.1. The second-order valence-electron chi connectivity index (χ2n) is 6.38. The maximum atomic E-state index is 11.3. The van der Waals surface area contributed by atoms with Crippen molar-refractivity contribution in [1.29, 1.82) is 0 Å². The summed E-state index contributed by atoms with van der Waals surface area (Å²) in [5.74, 6) is 0. The number of benzene rings is 1. The second kappa shape index (κ2) is 6.87. The lowest BCUT2D eigenvalue weighted by molar-refractivity contribution is -0.383. The first-order chi connectivity index (χ1) is 12.6. The van der Waals surface area contributed by atoms with E-state index in [9.17, 15) is 10.1 Å². The largest absolute Gasteiger partial charge is 0.369 e. The number of aryl methyl sites for hydroxylation is 1. The van der Waals surface area contributed by atoms with E-state index in [1.807, 2.05) is 19.1 Å². The molecule has 134 valence electrons. The fourth-order valence-electron chi connectivity index (χ4n) is 3.43. The molecule has 0 N–H and O–H groups in total. The van der Waals surface area contributed by atoms with Crippen LogP contribution in [-0.2, 0) is 0 Å². The highest BCUT2D eigenvalue weighted by atomic mass is 32.1. The summed E-state index contributed by atoms with van der Waals surface area (Å²) < 4.78 is 0. The summed E-state index contributed by atoms with van der Waals surface area (Å²) in [4.78, 5) is 24.3. The van der Waals surface area contributed by atoms with E-state index < -0.39 is 0 Å². The van der Waals surface area contributed by atoms with Gasteiger partial charge in [-0.2, -0.15) is 0 Å². The number of rotatable bonds is 3. The standard InChI is InChI=1S/C18H19N5O2S/c1-13-12-26-18(20-13)22-8-2-7-21(9-10-22)16-3-4-17(23(24)25)15-11-19-6-5-14(15)16/h3-6,11-12H,2,7-10H2,1H3. The van der Waals surface area contributed by atoms with Crippen molar-refractivity contribution in [3.8, 4) is 0 Å². The molecule has 7 nitrogen and oxygen atoms in total. The molecule has 0 bridgehead atoms. The minimum absolute atomic E-state index is 0.103. The van der Waals surface area contributed by atoms with Gasteiger partial charge in [-0.1, -0.05) is 0 Å². The third kappa shape index (κ3) is 3.08. The molecule has 1 aliphatic rings. The van der Waals surface area contributed by atoms with Crippen molar-refractivity contribution in [2.45, 2.75) is 13.3 Å². The number of aromatic nitrogens is 2. The molecule has 0 amide bonds. The number of pyridine rings is 1. The minimum atomic E-state index is -0.344. The van der Waals surface area contributed by atoms with Crippen LogP contribution in [0, 0.1) is 17.0 Å². The number of nitro groups is 1. The average molecular weight is 369 g/mol. The molecule has 1 aromatic carbocycles. The number of hydrogen-bond donors (Lipinski definition) is 0. The number of anilines is 2. The van der Waals surface area contributed by atoms with Crippen molar-refractivity contribution < 1.29 is 4.92 Å². The smallest absolute Gasteiger partial charge is 0.278 e. The van der Waals surface area contributed by atoms with Crippen LogP contribution in [0.4, 0.5) is 16.5 Å². The molecule has 0 aliphatic carbocycles. The molecule has 8 heteroatoms. The third-order valence-electron chi connectivity index (χ3n) is 4.68. The van der Waals surface area contributed by atoms with Crippen molar-refractivity contribution in [2.75, 3.05) is 36.0 Å². The monoisotopic (exact) mass is 369 g/mol. The van der Waals surface area contributed by atoms with Crippen LogP contribution < -0.4 is 9.80 Å². The molecular formula is C18H19N5O2S. The van der Waals surface area contributed by atoms with Gasteiger partial charge < -0.3 is 9.80 Å². The highest BCUT2D eigenvalue weighted by molar-refractivity contribution is 7.13. The number of thiazole rings is 1. The van der Waals surface area contributed by atoms with Gasteiger partial charge in [-0.15, -0.1) is 11.3 Å². The van der Waals surface area contributed by atoms with Crippen LogP contribution in [0.5, 0.6) is 0 Å². The van der Waals surface area contributed by atoms with E-state index in [0.717, 1.165) is 54.5 Å². The summed E-state index contributed by atoms with van der Waals surface area (Å²) in [6.07, 6.45) is 4.29. The number of hydrogen-bond acceptors (Lipinski definition) is 7. The molecule has 4 rings (SSSR count). The molecule has 3 heterocycles. The molecule has 0 saturated carbocycles. The number of non-ortho nitro benzene ring substituents is 1. The molecule has 26 heavy (non-hydrogen) atoms. The van der Waals surface area contributed by atoms with Gasteiger partial charge in [0.15, 0.2) is 5.13 Å². The summed E-state index contributed by atoms with van der Waals surface area (Å²) in [6.45, 7) is 5.64. The summed E-state index contributed by atoms with van der Waals surface area (Å²) in [7, 11) is 0. The molecule has 1 aliphatic heterocycles. The fourth-order valence-corrected chi connectivity index (χ4v) is 4.29. The Kier molecular flexibility index (Phi) is 4.42. The van der Waals surface area contributed by atoms with Gasteiger partial charge in [0.25, 0.3) is 5.69 Å². The summed E-state index contributed by atoms with van der Waals surface area (Å²) in [6, 6.07) is 5.32. The first-order valence-electron chi connectivity index (χ1n) is 8.56. The van der Waals surface area contributed by atoms with E-state index >= 15 is 0 Å². The highest BCUT2D eigenvalue weighted by Gasteiger charge is 2.21. The maximum absolute atomic E-state index is 11.3. The lowest BCUT2D eigenvalue weighted by Gasteiger charge is -2.24. The summed E-state index contributed by atoms with van der Waals surface area (Å²) >= 11 is 1.68. The van der Waals surface area contributed by atoms with Crippen LogP contribution in [0.2, 0.25) is 0 Å². The van der Waals surface area contributed by atoms with Crippen LogP contribution in [0.15, 0.2) is 36.0 Å². The van der Waals surface area contributed by atoms with Crippen molar-refractivity contribution in [3.63, 3.8) is 0 Å². The molecule has 0 unspecified atom stereocenters. The first-order valence-corrected chi connectivity index (χ1v) is 9.44. The predicted molar refractivity (Wildman–Crippen MR) is 104 cm³/mol. The van der Waals surface area contributed by atoms with Crippen molar-refractivity contribution in [2.24, 2.45) is 0 Å². The normalized spacial score (nSPS) is 15.3. The SMILES string of the molecule is Cc1csc(N2CCCN(c3ccc([N+](=O)[O-])c4cnccc34)CC2)n1. The Balaban J connectivity index is 1.64. The zero-order valence-corrected chi connectivity index (χ0v) is 15.3. The van der Waals surface area contributed by atoms with Crippen LogP contribution in [0.1, 0.15) is 12.1 Å². The quantitative estimate of drug-likeness (QED) is 0.518. The van der Waals surface area contributed by atoms with E-state index in [2.05, 4.69) is 25.1 Å². The Morgan fingerprint density at radius 1 is 1.12 bits per heavy atom. The molecule has 1 saturated heterocycles. The molecule has 0 radical (unpaired) electrons. The Labute approximate surface area is 155 Å². The predicted octanol–water partition coefficient (Wildman–Crippen LogP) is 3.62. The molecule has 1 fully saturated rings. The maximum Gasteiger partial charge on any atom is 0.278 e. The average Bonchev–Trinajstić information content (AvgIpc) is 2.93. The van der Waals surface area contributed by atoms with Gasteiger partial charge in [0.05, 0.1) is 16.0 Å². The van der Waals surface area contributed by atoms with Gasteiger partial charge in [-0.25, -0.2) is 4.98 Å². The van der Waals surface area contributed by atoms with Gasteiger partial charge >= 0.3 is 0 Å². The van der Waals surface area contributed by atoms with Gasteiger partial charge in [-0.3, -0.25) is 15.1 Å². The summed E-state index contributed by atoms with van der Waals surface area (Å²) in [5.41, 5.74) is 2.19. The number of fused-ring (bicyclic) bond motifs is 1. The van der Waals surface area contributed by atoms with Crippen LogP contribution in [0.3, 0.4) is 0 Å². The van der Waals surface area contributed by atoms with Gasteiger partial charge in [0.1, 0.15) is 0 Å². The first kappa shape index (κ1) is 16.7. The number of nitrogens with zero attached hydrogens (tertiary/aromatic N) is 5. The molecule has 0 atom stereocenters. The molecule has 3 aromatic rings.